The van der Waals surface area contributed by atoms with Gasteiger partial charge in [0.05, 0.1) is 18.4 Å². The average molecular weight is 439 g/mol. The van der Waals surface area contributed by atoms with Crippen LogP contribution in [-0.2, 0) is 11.8 Å². The summed E-state index contributed by atoms with van der Waals surface area (Å²) in [6.45, 7) is 2.78. The molecule has 4 rings (SSSR count). The summed E-state index contributed by atoms with van der Waals surface area (Å²) in [7, 11) is 3.25. The van der Waals surface area contributed by atoms with E-state index in [9.17, 15) is 19.3 Å². The van der Waals surface area contributed by atoms with E-state index in [1.807, 2.05) is 4.90 Å². The van der Waals surface area contributed by atoms with E-state index in [-0.39, 0.29) is 22.8 Å². The molecule has 1 unspecified atom stereocenters. The lowest BCUT2D eigenvalue weighted by Gasteiger charge is -2.18. The van der Waals surface area contributed by atoms with Crippen molar-refractivity contribution in [2.75, 3.05) is 30.4 Å². The van der Waals surface area contributed by atoms with Crippen LogP contribution >= 0.6 is 0 Å². The Bertz CT molecular complexity index is 1300. The number of hydrogen-bond acceptors (Lipinski definition) is 8. The first-order chi connectivity index (χ1) is 15.3. The highest BCUT2D eigenvalue weighted by molar-refractivity contribution is 5.98. The zero-order valence-corrected chi connectivity index (χ0v) is 17.7. The molecule has 12 heteroatoms. The first-order valence-electron chi connectivity index (χ1n) is 9.87. The molecule has 1 fully saturated rings. The predicted molar refractivity (Wildman–Crippen MR) is 116 cm³/mol. The summed E-state index contributed by atoms with van der Waals surface area (Å²) < 4.78 is 6.69. The van der Waals surface area contributed by atoms with Gasteiger partial charge in [-0.1, -0.05) is 0 Å². The Hall–Kier alpha value is -4.09. The van der Waals surface area contributed by atoms with E-state index < -0.39 is 11.3 Å². The molecule has 0 spiro atoms. The maximum atomic E-state index is 12.7. The number of carbonyl (C=O) groups excluding carboxylic acids is 2. The molecule has 0 radical (unpaired) electrons. The SMILES string of the molecule is COc1cc(NC(=O)C2CCN(c3cc(C)c4c(=O)c(C(=O)N=O)c[nH]c4n3)C2)nn1C. The summed E-state index contributed by atoms with van der Waals surface area (Å²) >= 11 is 0. The molecule has 3 aromatic rings. The lowest BCUT2D eigenvalue weighted by atomic mass is 10.1. The maximum absolute atomic E-state index is 12.7. The van der Waals surface area contributed by atoms with E-state index >= 15 is 0 Å². The van der Waals surface area contributed by atoms with Crippen LogP contribution in [-0.4, -0.2) is 51.8 Å². The minimum Gasteiger partial charge on any atom is -0.481 e. The average Bonchev–Trinajstić information content (AvgIpc) is 3.39. The highest BCUT2D eigenvalue weighted by atomic mass is 16.5. The summed E-state index contributed by atoms with van der Waals surface area (Å²) in [5.41, 5.74) is -0.0280. The minimum absolute atomic E-state index is 0.149. The van der Waals surface area contributed by atoms with Gasteiger partial charge in [-0.25, -0.2) is 9.67 Å². The van der Waals surface area contributed by atoms with Gasteiger partial charge in [-0.2, -0.15) is 5.10 Å². The van der Waals surface area contributed by atoms with Crippen molar-refractivity contribution >= 4 is 34.5 Å². The molecule has 3 aromatic heterocycles. The topological polar surface area (TPSA) is 152 Å². The third-order valence-electron chi connectivity index (χ3n) is 5.52. The zero-order valence-electron chi connectivity index (χ0n) is 17.7. The molecule has 0 saturated carbocycles. The molecular formula is C20H21N7O5. The minimum atomic E-state index is -1.13. The van der Waals surface area contributed by atoms with Gasteiger partial charge >= 0.3 is 5.91 Å². The van der Waals surface area contributed by atoms with Gasteiger partial charge in [0.25, 0.3) is 0 Å². The number of nitrogens with one attached hydrogen (secondary N) is 2. The fourth-order valence-corrected chi connectivity index (χ4v) is 3.87. The monoisotopic (exact) mass is 439 g/mol. The Morgan fingerprint density at radius 3 is 2.81 bits per heavy atom. The predicted octanol–water partition coefficient (Wildman–Crippen LogP) is 1.35. The van der Waals surface area contributed by atoms with Crippen molar-refractivity contribution in [1.29, 1.82) is 0 Å². The molecule has 0 aliphatic carbocycles. The fraction of sp³-hybridized carbons (Fsp3) is 0.350. The van der Waals surface area contributed by atoms with Crippen molar-refractivity contribution in [2.24, 2.45) is 18.1 Å². The van der Waals surface area contributed by atoms with Crippen molar-refractivity contribution in [3.05, 3.63) is 44.6 Å². The number of nitrogens with zero attached hydrogens (tertiary/aromatic N) is 5. The number of nitroso groups, excluding NO2 is 1. The van der Waals surface area contributed by atoms with Crippen LogP contribution in [0, 0.1) is 17.7 Å². The largest absolute Gasteiger partial charge is 0.481 e. The smallest absolute Gasteiger partial charge is 0.322 e. The molecule has 1 saturated heterocycles. The number of methoxy groups -OCH3 is 1. The molecule has 166 valence electrons. The second-order valence-corrected chi connectivity index (χ2v) is 7.57. The number of amides is 2. The number of pyridine rings is 2. The standard InChI is InChI=1S/C20H21N7O5/c1-10-6-14(23-18-16(10)17(28)12(8-21-18)20(30)25-31)27-5-4-11(9-27)19(29)22-13-7-15(32-3)26(2)24-13/h6-8,11H,4-5,9H2,1-3H3,(H,21,23,28)(H,22,24,29). The van der Waals surface area contributed by atoms with Gasteiger partial charge in [0.15, 0.2) is 5.82 Å². The molecule has 1 aliphatic heterocycles. The summed E-state index contributed by atoms with van der Waals surface area (Å²) in [5, 5.41) is 9.55. The van der Waals surface area contributed by atoms with Crippen LogP contribution in [0.5, 0.6) is 5.88 Å². The maximum Gasteiger partial charge on any atom is 0.322 e. The Balaban J connectivity index is 1.53. The third kappa shape index (κ3) is 3.70. The van der Waals surface area contributed by atoms with E-state index in [1.165, 1.54) is 11.8 Å². The van der Waals surface area contributed by atoms with Crippen LogP contribution in [0.15, 0.2) is 28.3 Å². The highest BCUT2D eigenvalue weighted by Crippen LogP contribution is 2.26. The molecule has 12 nitrogen and oxygen atoms in total. The van der Waals surface area contributed by atoms with Crippen LogP contribution in [0.2, 0.25) is 0 Å². The van der Waals surface area contributed by atoms with Crippen molar-refractivity contribution < 1.29 is 14.3 Å². The number of aryl methyl sites for hydroxylation is 2. The van der Waals surface area contributed by atoms with Crippen LogP contribution in [0.3, 0.4) is 0 Å². The second kappa shape index (κ2) is 8.21. The number of carbonyl (C=O) groups is 2. The normalized spacial score (nSPS) is 15.7. The van der Waals surface area contributed by atoms with E-state index in [2.05, 4.69) is 25.6 Å². The van der Waals surface area contributed by atoms with Gasteiger partial charge in [0, 0.05) is 37.6 Å². The Labute approximate surface area is 181 Å². The molecule has 4 heterocycles. The number of aromatic nitrogens is 4. The Morgan fingerprint density at radius 2 is 2.12 bits per heavy atom. The van der Waals surface area contributed by atoms with E-state index in [0.29, 0.717) is 48.2 Å². The van der Waals surface area contributed by atoms with Crippen LogP contribution in [0.4, 0.5) is 11.6 Å². The lowest BCUT2D eigenvalue weighted by molar-refractivity contribution is -0.119. The molecule has 1 atom stereocenters. The van der Waals surface area contributed by atoms with E-state index in [0.717, 1.165) is 6.20 Å². The van der Waals surface area contributed by atoms with Crippen molar-refractivity contribution in [1.82, 2.24) is 19.7 Å². The summed E-state index contributed by atoms with van der Waals surface area (Å²) in [6, 6.07) is 3.37. The highest BCUT2D eigenvalue weighted by Gasteiger charge is 2.30. The van der Waals surface area contributed by atoms with Gasteiger partial charge in [-0.05, 0) is 25.0 Å². The van der Waals surface area contributed by atoms with Crippen LogP contribution in [0.1, 0.15) is 22.3 Å². The van der Waals surface area contributed by atoms with Crippen LogP contribution in [0.25, 0.3) is 11.0 Å². The number of anilines is 2. The summed E-state index contributed by atoms with van der Waals surface area (Å²) in [4.78, 5) is 56.6. The number of hydrogen-bond donors (Lipinski definition) is 2. The molecule has 2 N–H and O–H groups in total. The fourth-order valence-electron chi connectivity index (χ4n) is 3.87. The molecule has 2 amide bonds. The molecule has 1 aliphatic rings. The van der Waals surface area contributed by atoms with E-state index in [1.54, 1.807) is 26.1 Å². The quantitative estimate of drug-likeness (QED) is 0.565. The van der Waals surface area contributed by atoms with Gasteiger partial charge in [0.2, 0.25) is 17.2 Å². The van der Waals surface area contributed by atoms with Gasteiger partial charge < -0.3 is 19.9 Å². The Morgan fingerprint density at radius 1 is 1.34 bits per heavy atom. The second-order valence-electron chi connectivity index (χ2n) is 7.57. The van der Waals surface area contributed by atoms with E-state index in [4.69, 9.17) is 4.74 Å². The third-order valence-corrected chi connectivity index (χ3v) is 5.52. The molecule has 0 aromatic carbocycles. The molecular weight excluding hydrogens is 418 g/mol. The van der Waals surface area contributed by atoms with Crippen LogP contribution < -0.4 is 20.4 Å². The number of rotatable bonds is 5. The molecule has 0 bridgehead atoms. The van der Waals surface area contributed by atoms with Gasteiger partial charge in [0.1, 0.15) is 17.0 Å². The first kappa shape index (κ1) is 21.2. The summed E-state index contributed by atoms with van der Waals surface area (Å²) in [5.74, 6) is 0.0120. The van der Waals surface area contributed by atoms with Gasteiger partial charge in [-0.3, -0.25) is 14.4 Å². The number of ether oxygens (including phenoxy) is 1. The Kier molecular flexibility index (Phi) is 5.43. The molecule has 32 heavy (non-hydrogen) atoms. The number of fused-ring (bicyclic) bond motifs is 1. The number of H-pyrrole nitrogens is 1. The van der Waals surface area contributed by atoms with Crippen molar-refractivity contribution in [3.8, 4) is 5.88 Å². The summed E-state index contributed by atoms with van der Waals surface area (Å²) in [6.07, 6.45) is 1.77. The number of aromatic amines is 1. The lowest BCUT2D eigenvalue weighted by Crippen LogP contribution is -2.27. The zero-order chi connectivity index (χ0) is 23.0. The first-order valence-corrected chi connectivity index (χ1v) is 9.87. The van der Waals surface area contributed by atoms with Gasteiger partial charge in [-0.15, -0.1) is 4.91 Å². The van der Waals surface area contributed by atoms with Crippen molar-refractivity contribution in [2.45, 2.75) is 13.3 Å². The van der Waals surface area contributed by atoms with Crippen molar-refractivity contribution in [3.63, 3.8) is 0 Å².